The van der Waals surface area contributed by atoms with Gasteiger partial charge in [-0.25, -0.2) is 0 Å². The first kappa shape index (κ1) is 9.62. The second-order valence-corrected chi connectivity index (χ2v) is 3.28. The molecule has 0 bridgehead atoms. The Morgan fingerprint density at radius 1 is 1.25 bits per heavy atom. The lowest BCUT2D eigenvalue weighted by Crippen LogP contribution is -1.87. The Bertz CT molecular complexity index is 233. The van der Waals surface area contributed by atoms with Gasteiger partial charge in [0.15, 0.2) is 0 Å². The molecule has 0 spiro atoms. The molecule has 0 atom stereocenters. The first-order valence-corrected chi connectivity index (χ1v) is 4.71. The van der Waals surface area contributed by atoms with Gasteiger partial charge in [0, 0.05) is 0 Å². The summed E-state index contributed by atoms with van der Waals surface area (Å²) in [5.41, 5.74) is 2.12. The molecule has 0 saturated heterocycles. The summed E-state index contributed by atoms with van der Waals surface area (Å²) >= 11 is 0. The van der Waals surface area contributed by atoms with Gasteiger partial charge in [-0.1, -0.05) is 29.8 Å². The van der Waals surface area contributed by atoms with E-state index in [0.717, 1.165) is 5.56 Å². The number of benzene rings is 1. The van der Waals surface area contributed by atoms with Crippen molar-refractivity contribution < 1.29 is 14.3 Å². The Hall–Kier alpha value is -0.470. The third-order valence-corrected chi connectivity index (χ3v) is 1.83. The fourth-order valence-corrected chi connectivity index (χ4v) is 1.08. The van der Waals surface area contributed by atoms with E-state index in [-0.39, 0.29) is 6.61 Å². The van der Waals surface area contributed by atoms with Crippen LogP contribution >= 0.6 is 8.60 Å². The molecule has 2 N–H and O–H groups in total. The summed E-state index contributed by atoms with van der Waals surface area (Å²) in [6, 6.07) is 7.70. The van der Waals surface area contributed by atoms with Crippen LogP contribution in [0.15, 0.2) is 24.3 Å². The number of hydrogen-bond donors (Lipinski definition) is 2. The topological polar surface area (TPSA) is 49.7 Å². The van der Waals surface area contributed by atoms with Gasteiger partial charge in [-0.2, -0.15) is 0 Å². The highest BCUT2D eigenvalue weighted by Gasteiger charge is 1.99. The lowest BCUT2D eigenvalue weighted by molar-refractivity contribution is 0.246. The summed E-state index contributed by atoms with van der Waals surface area (Å²) in [5, 5.41) is 0. The van der Waals surface area contributed by atoms with Crippen molar-refractivity contribution >= 4 is 8.60 Å². The van der Waals surface area contributed by atoms with Crippen molar-refractivity contribution in [3.05, 3.63) is 35.4 Å². The monoisotopic (exact) mass is 186 g/mol. The second-order valence-electron chi connectivity index (χ2n) is 2.51. The first-order chi connectivity index (χ1) is 5.68. The van der Waals surface area contributed by atoms with Gasteiger partial charge in [0.1, 0.15) is 0 Å². The van der Waals surface area contributed by atoms with E-state index in [2.05, 4.69) is 4.52 Å². The predicted octanol–water partition coefficient (Wildman–Crippen LogP) is 1.72. The SMILES string of the molecule is Cc1ccc(COP(O)O)cc1. The third kappa shape index (κ3) is 3.28. The van der Waals surface area contributed by atoms with Crippen molar-refractivity contribution in [2.24, 2.45) is 0 Å². The second kappa shape index (κ2) is 4.53. The smallest absolute Gasteiger partial charge is 0.327 e. The van der Waals surface area contributed by atoms with Crippen molar-refractivity contribution in [1.29, 1.82) is 0 Å². The molecule has 0 saturated carbocycles. The Labute approximate surface area is 72.6 Å². The minimum Gasteiger partial charge on any atom is -0.328 e. The van der Waals surface area contributed by atoms with Crippen molar-refractivity contribution in [2.45, 2.75) is 13.5 Å². The molecule has 0 fully saturated rings. The third-order valence-electron chi connectivity index (χ3n) is 1.47. The Kier molecular flexibility index (Phi) is 3.63. The van der Waals surface area contributed by atoms with E-state index in [1.807, 2.05) is 31.2 Å². The lowest BCUT2D eigenvalue weighted by atomic mass is 10.2. The fraction of sp³-hybridized carbons (Fsp3) is 0.250. The van der Waals surface area contributed by atoms with E-state index in [9.17, 15) is 0 Å². The van der Waals surface area contributed by atoms with Crippen LogP contribution in [0.25, 0.3) is 0 Å². The van der Waals surface area contributed by atoms with Crippen LogP contribution in [0.4, 0.5) is 0 Å². The van der Waals surface area contributed by atoms with Gasteiger partial charge in [0.05, 0.1) is 6.61 Å². The minimum absolute atomic E-state index is 0.249. The lowest BCUT2D eigenvalue weighted by Gasteiger charge is -2.03. The van der Waals surface area contributed by atoms with Crippen LogP contribution in [0.2, 0.25) is 0 Å². The molecule has 3 nitrogen and oxygen atoms in total. The van der Waals surface area contributed by atoms with Gasteiger partial charge in [-0.05, 0) is 12.5 Å². The highest BCUT2D eigenvalue weighted by atomic mass is 31.2. The Balaban J connectivity index is 2.48. The van der Waals surface area contributed by atoms with Crippen LogP contribution in [0.3, 0.4) is 0 Å². The van der Waals surface area contributed by atoms with Crippen molar-refractivity contribution in [2.75, 3.05) is 0 Å². The van der Waals surface area contributed by atoms with Crippen molar-refractivity contribution in [1.82, 2.24) is 0 Å². The van der Waals surface area contributed by atoms with Crippen LogP contribution in [-0.4, -0.2) is 9.79 Å². The summed E-state index contributed by atoms with van der Waals surface area (Å²) in [5.74, 6) is 0. The number of hydrogen-bond acceptors (Lipinski definition) is 3. The molecule has 12 heavy (non-hydrogen) atoms. The van der Waals surface area contributed by atoms with Crippen molar-refractivity contribution in [3.8, 4) is 0 Å². The molecule has 66 valence electrons. The summed E-state index contributed by atoms with van der Waals surface area (Å²) in [7, 11) is -2.23. The minimum atomic E-state index is -2.23. The van der Waals surface area contributed by atoms with Gasteiger partial charge in [0.2, 0.25) is 0 Å². The van der Waals surface area contributed by atoms with Gasteiger partial charge in [-0.15, -0.1) is 0 Å². The average molecular weight is 186 g/mol. The molecular weight excluding hydrogens is 175 g/mol. The van der Waals surface area contributed by atoms with E-state index in [1.165, 1.54) is 5.56 Å². The molecule has 0 amide bonds. The molecule has 4 heteroatoms. The summed E-state index contributed by atoms with van der Waals surface area (Å²) in [6.07, 6.45) is 0. The van der Waals surface area contributed by atoms with E-state index < -0.39 is 8.60 Å². The molecule has 0 aliphatic rings. The molecular formula is C8H11O3P. The highest BCUT2D eigenvalue weighted by molar-refractivity contribution is 7.39. The standard InChI is InChI=1S/C8H11O3P/c1-7-2-4-8(5-3-7)6-11-12(9)10/h2-5,9-10H,6H2,1H3. The van der Waals surface area contributed by atoms with Crippen LogP contribution < -0.4 is 0 Å². The van der Waals surface area contributed by atoms with Gasteiger partial charge in [-0.3, -0.25) is 0 Å². The highest BCUT2D eigenvalue weighted by Crippen LogP contribution is 2.26. The van der Waals surface area contributed by atoms with E-state index in [4.69, 9.17) is 9.79 Å². The zero-order valence-corrected chi connectivity index (χ0v) is 7.66. The van der Waals surface area contributed by atoms with Crippen molar-refractivity contribution in [3.63, 3.8) is 0 Å². The molecule has 0 unspecified atom stereocenters. The summed E-state index contributed by atoms with van der Waals surface area (Å²) in [4.78, 5) is 16.9. The molecule has 1 aromatic carbocycles. The fourth-order valence-electron chi connectivity index (χ4n) is 0.817. The molecule has 1 aromatic rings. The maximum absolute atomic E-state index is 8.47. The van der Waals surface area contributed by atoms with Crippen LogP contribution in [0, 0.1) is 6.92 Å². The average Bonchev–Trinajstić information content (AvgIpc) is 2.03. The quantitative estimate of drug-likeness (QED) is 0.706. The summed E-state index contributed by atoms with van der Waals surface area (Å²) in [6.45, 7) is 2.24. The summed E-state index contributed by atoms with van der Waals surface area (Å²) < 4.78 is 4.64. The van der Waals surface area contributed by atoms with E-state index in [1.54, 1.807) is 0 Å². The molecule has 0 aliphatic carbocycles. The molecule has 0 radical (unpaired) electrons. The predicted molar refractivity (Wildman–Crippen MR) is 47.3 cm³/mol. The van der Waals surface area contributed by atoms with Crippen LogP contribution in [0.1, 0.15) is 11.1 Å². The van der Waals surface area contributed by atoms with Crippen LogP contribution in [0.5, 0.6) is 0 Å². The van der Waals surface area contributed by atoms with Gasteiger partial charge < -0.3 is 14.3 Å². The van der Waals surface area contributed by atoms with E-state index >= 15 is 0 Å². The maximum atomic E-state index is 8.47. The van der Waals surface area contributed by atoms with Gasteiger partial charge in [0.25, 0.3) is 0 Å². The molecule has 0 aliphatic heterocycles. The molecule has 0 heterocycles. The number of rotatable bonds is 3. The normalized spacial score (nSPS) is 10.7. The number of aryl methyl sites for hydroxylation is 1. The zero-order valence-electron chi connectivity index (χ0n) is 6.77. The van der Waals surface area contributed by atoms with Crippen LogP contribution in [-0.2, 0) is 11.1 Å². The van der Waals surface area contributed by atoms with Gasteiger partial charge >= 0.3 is 8.60 Å². The molecule has 0 aromatic heterocycles. The van der Waals surface area contributed by atoms with E-state index in [0.29, 0.717) is 0 Å². The largest absolute Gasteiger partial charge is 0.328 e. The molecule has 1 rings (SSSR count). The maximum Gasteiger partial charge on any atom is 0.327 e. The Morgan fingerprint density at radius 2 is 1.83 bits per heavy atom. The first-order valence-electron chi connectivity index (χ1n) is 3.55. The Morgan fingerprint density at radius 3 is 2.33 bits per heavy atom. The zero-order chi connectivity index (χ0) is 8.97.